The lowest BCUT2D eigenvalue weighted by Crippen LogP contribution is -2.37. The maximum Gasteiger partial charge on any atom is 0.134 e. The molecule has 7 nitrogen and oxygen atoms in total. The molecule has 1 unspecified atom stereocenters. The van der Waals surface area contributed by atoms with Crippen LogP contribution < -0.4 is 15.5 Å². The molecule has 0 radical (unpaired) electrons. The van der Waals surface area contributed by atoms with Gasteiger partial charge in [-0.05, 0) is 19.4 Å². The van der Waals surface area contributed by atoms with E-state index in [0.717, 1.165) is 42.3 Å². The monoisotopic (exact) mass is 370 g/mol. The molecule has 0 aromatic carbocycles. The number of halogens is 1. The van der Waals surface area contributed by atoms with Crippen molar-refractivity contribution in [2.24, 2.45) is 0 Å². The largest absolute Gasteiger partial charge is 0.383 e. The van der Waals surface area contributed by atoms with E-state index in [0.29, 0.717) is 37.5 Å². The maximum absolute atomic E-state index is 14.4. The Morgan fingerprint density at radius 3 is 2.93 bits per heavy atom. The molecule has 2 aromatic heterocycles. The highest BCUT2D eigenvalue weighted by Crippen LogP contribution is 2.39. The van der Waals surface area contributed by atoms with Gasteiger partial charge in [-0.25, -0.2) is 19.3 Å². The zero-order valence-electron chi connectivity index (χ0n) is 15.3. The Balaban J connectivity index is 1.53. The van der Waals surface area contributed by atoms with Crippen molar-refractivity contribution in [2.45, 2.75) is 37.6 Å². The Morgan fingerprint density at radius 2 is 2.22 bits per heavy atom. The number of aromatic nitrogens is 3. The predicted molar refractivity (Wildman–Crippen MR) is 102 cm³/mol. The average molecular weight is 370 g/mol. The van der Waals surface area contributed by atoms with E-state index in [-0.39, 0.29) is 0 Å². The fourth-order valence-corrected chi connectivity index (χ4v) is 4.44. The summed E-state index contributed by atoms with van der Waals surface area (Å²) in [6, 6.07) is 4.22. The highest BCUT2D eigenvalue weighted by molar-refractivity contribution is 5.85. The zero-order valence-corrected chi connectivity index (χ0v) is 15.3. The van der Waals surface area contributed by atoms with Gasteiger partial charge in [0.05, 0.1) is 42.2 Å². The average Bonchev–Trinajstić information content (AvgIpc) is 3.37. The van der Waals surface area contributed by atoms with Crippen molar-refractivity contribution in [3.8, 4) is 11.3 Å². The minimum Gasteiger partial charge on any atom is -0.383 e. The molecule has 3 fully saturated rings. The van der Waals surface area contributed by atoms with Gasteiger partial charge in [0.1, 0.15) is 23.6 Å². The zero-order chi connectivity index (χ0) is 18.6. The Bertz CT molecular complexity index is 875. The Labute approximate surface area is 157 Å². The molecule has 27 heavy (non-hydrogen) atoms. The summed E-state index contributed by atoms with van der Waals surface area (Å²) in [5.74, 6) is 1.28. The van der Waals surface area contributed by atoms with Gasteiger partial charge < -0.3 is 20.3 Å². The molecule has 5 rings (SSSR count). The van der Waals surface area contributed by atoms with Gasteiger partial charge in [0, 0.05) is 31.8 Å². The highest BCUT2D eigenvalue weighted by Gasteiger charge is 2.40. The number of hydrogen-bond donors (Lipinski definition) is 1. The van der Waals surface area contributed by atoms with Gasteiger partial charge in [-0.2, -0.15) is 0 Å². The highest BCUT2D eigenvalue weighted by atomic mass is 19.1. The van der Waals surface area contributed by atoms with Crippen LogP contribution in [0.1, 0.15) is 19.8 Å². The van der Waals surface area contributed by atoms with Crippen molar-refractivity contribution >= 4 is 17.3 Å². The third-order valence-electron chi connectivity index (χ3n) is 5.83. The standard InChI is InChI=1S/C19H23FN6O/c1-19(20)3-5-25(10-19)15-2-4-22-18(21)17(15)14-7-16(24-11-23-14)26-8-13-6-12(26)9-27-13/h2,4,7,11-13H,3,5-6,8-10H2,1H3,(H2,21,22)/t12-,13-,19?/m1/s1. The number of rotatable bonds is 3. The van der Waals surface area contributed by atoms with Gasteiger partial charge in [0.25, 0.3) is 0 Å². The number of ether oxygens (including phenoxy) is 1. The molecule has 0 spiro atoms. The molecule has 5 heterocycles. The topological polar surface area (TPSA) is 80.4 Å². The van der Waals surface area contributed by atoms with Crippen LogP contribution in [0.15, 0.2) is 24.7 Å². The quantitative estimate of drug-likeness (QED) is 0.885. The summed E-state index contributed by atoms with van der Waals surface area (Å²) < 4.78 is 20.1. The molecule has 0 saturated carbocycles. The van der Waals surface area contributed by atoms with Crippen LogP contribution in [0.25, 0.3) is 11.3 Å². The molecule has 3 aliphatic rings. The number of alkyl halides is 1. The van der Waals surface area contributed by atoms with E-state index in [1.165, 1.54) is 0 Å². The van der Waals surface area contributed by atoms with Crippen molar-refractivity contribution in [1.29, 1.82) is 0 Å². The first-order valence-electron chi connectivity index (χ1n) is 9.39. The smallest absolute Gasteiger partial charge is 0.134 e. The van der Waals surface area contributed by atoms with Gasteiger partial charge >= 0.3 is 0 Å². The van der Waals surface area contributed by atoms with Gasteiger partial charge in [0.2, 0.25) is 0 Å². The fourth-order valence-electron chi connectivity index (χ4n) is 4.44. The third kappa shape index (κ3) is 2.88. The van der Waals surface area contributed by atoms with Crippen LogP contribution >= 0.6 is 0 Å². The van der Waals surface area contributed by atoms with E-state index < -0.39 is 5.67 Å². The Morgan fingerprint density at radius 1 is 1.33 bits per heavy atom. The van der Waals surface area contributed by atoms with E-state index in [2.05, 4.69) is 19.9 Å². The van der Waals surface area contributed by atoms with Crippen LogP contribution in [0, 0.1) is 0 Å². The van der Waals surface area contributed by atoms with Crippen molar-refractivity contribution in [3.05, 3.63) is 24.7 Å². The molecule has 142 valence electrons. The number of fused-ring (bicyclic) bond motifs is 2. The number of anilines is 3. The van der Waals surface area contributed by atoms with E-state index in [1.54, 1.807) is 19.4 Å². The molecule has 8 heteroatoms. The molecule has 3 saturated heterocycles. The Kier molecular flexibility index (Phi) is 3.72. The second-order valence-electron chi connectivity index (χ2n) is 7.93. The summed E-state index contributed by atoms with van der Waals surface area (Å²) in [6.07, 6.45) is 5.07. The van der Waals surface area contributed by atoms with E-state index in [9.17, 15) is 4.39 Å². The SMILES string of the molecule is CC1(F)CCN(c2ccnc(N)c2-c2cc(N3C[C@H]4C[C@@H]3CO4)ncn2)C1. The van der Waals surface area contributed by atoms with E-state index in [1.807, 2.05) is 17.0 Å². The Hall–Kier alpha value is -2.48. The number of nitrogens with two attached hydrogens (primary N) is 1. The van der Waals surface area contributed by atoms with Crippen LogP contribution in [0.5, 0.6) is 0 Å². The fraction of sp³-hybridized carbons (Fsp3) is 0.526. The summed E-state index contributed by atoms with van der Waals surface area (Å²) in [5, 5.41) is 0. The molecule has 3 atom stereocenters. The molecule has 2 aromatic rings. The lowest BCUT2D eigenvalue weighted by atomic mass is 10.1. The molecule has 0 aliphatic carbocycles. The summed E-state index contributed by atoms with van der Waals surface area (Å²) in [4.78, 5) is 17.5. The molecular weight excluding hydrogens is 347 g/mol. The number of hydrogen-bond acceptors (Lipinski definition) is 7. The van der Waals surface area contributed by atoms with Crippen molar-refractivity contribution < 1.29 is 9.13 Å². The van der Waals surface area contributed by atoms with Crippen molar-refractivity contribution in [3.63, 3.8) is 0 Å². The van der Waals surface area contributed by atoms with Crippen LogP contribution in [0.3, 0.4) is 0 Å². The normalized spacial score (nSPS) is 29.7. The van der Waals surface area contributed by atoms with Gasteiger partial charge in [-0.3, -0.25) is 0 Å². The number of nitrogens with zero attached hydrogens (tertiary/aromatic N) is 5. The molecule has 2 N–H and O–H groups in total. The first kappa shape index (κ1) is 16.7. The molecular formula is C19H23FN6O. The first-order chi connectivity index (χ1) is 13.0. The third-order valence-corrected chi connectivity index (χ3v) is 5.83. The minimum absolute atomic E-state index is 0.291. The maximum atomic E-state index is 14.4. The van der Waals surface area contributed by atoms with Crippen molar-refractivity contribution in [2.75, 3.05) is 41.8 Å². The summed E-state index contributed by atoms with van der Waals surface area (Å²) in [7, 11) is 0. The van der Waals surface area contributed by atoms with Crippen LogP contribution in [0.4, 0.5) is 21.7 Å². The number of morpholine rings is 1. The second-order valence-corrected chi connectivity index (χ2v) is 7.93. The van der Waals surface area contributed by atoms with Crippen molar-refractivity contribution in [1.82, 2.24) is 15.0 Å². The molecule has 2 bridgehead atoms. The van der Waals surface area contributed by atoms with Crippen LogP contribution in [-0.4, -0.2) is 59.0 Å². The minimum atomic E-state index is -1.19. The lowest BCUT2D eigenvalue weighted by Gasteiger charge is -2.28. The summed E-state index contributed by atoms with van der Waals surface area (Å²) in [5.41, 5.74) is 7.38. The van der Waals surface area contributed by atoms with E-state index in [4.69, 9.17) is 10.5 Å². The predicted octanol–water partition coefficient (Wildman–Crippen LogP) is 2.04. The molecule has 0 amide bonds. The van der Waals surface area contributed by atoms with E-state index >= 15 is 0 Å². The lowest BCUT2D eigenvalue weighted by molar-refractivity contribution is 0.0989. The number of nitrogen functional groups attached to an aromatic ring is 1. The van der Waals surface area contributed by atoms with Crippen LogP contribution in [0.2, 0.25) is 0 Å². The van der Waals surface area contributed by atoms with Gasteiger partial charge in [0.15, 0.2) is 0 Å². The number of pyridine rings is 1. The van der Waals surface area contributed by atoms with Gasteiger partial charge in [-0.15, -0.1) is 0 Å². The van der Waals surface area contributed by atoms with Gasteiger partial charge in [-0.1, -0.05) is 0 Å². The van der Waals surface area contributed by atoms with Crippen LogP contribution in [-0.2, 0) is 4.74 Å². The summed E-state index contributed by atoms with van der Waals surface area (Å²) >= 11 is 0. The first-order valence-corrected chi connectivity index (χ1v) is 9.39. The molecule has 3 aliphatic heterocycles. The second kappa shape index (κ2) is 6.02. The summed E-state index contributed by atoms with van der Waals surface area (Å²) in [6.45, 7) is 4.23.